The fourth-order valence-corrected chi connectivity index (χ4v) is 20.5. The van der Waals surface area contributed by atoms with Crippen LogP contribution >= 0.6 is 24.0 Å². The van der Waals surface area contributed by atoms with Gasteiger partial charge in [0.1, 0.15) is 115 Å². The summed E-state index contributed by atoms with van der Waals surface area (Å²) in [6.07, 6.45) is 14.0. The molecule has 33 nitrogen and oxygen atoms in total. The average Bonchev–Trinajstić information content (AvgIpc) is 1.61. The van der Waals surface area contributed by atoms with E-state index >= 15 is 0 Å². The zero-order valence-electron chi connectivity index (χ0n) is 75.2. The summed E-state index contributed by atoms with van der Waals surface area (Å²) in [5, 5.41) is 65.1. The Labute approximate surface area is 830 Å². The van der Waals surface area contributed by atoms with Gasteiger partial charge in [-0.1, -0.05) is 111 Å². The number of nitrogens with one attached hydrogen (secondary N) is 1. The molecule has 17 heterocycles. The van der Waals surface area contributed by atoms with E-state index in [2.05, 4.69) is 33.0 Å². The van der Waals surface area contributed by atoms with Crippen LogP contribution in [0.1, 0.15) is 183 Å². The number of halogens is 1. The summed E-state index contributed by atoms with van der Waals surface area (Å²) >= 11 is 0. The van der Waals surface area contributed by atoms with Crippen molar-refractivity contribution < 1.29 is 208 Å². The Balaban J connectivity index is 0.000000360. The molecule has 0 saturated carbocycles. The molecule has 0 bridgehead atoms. The van der Waals surface area contributed by atoms with Gasteiger partial charge in [0.2, 0.25) is 5.91 Å². The van der Waals surface area contributed by atoms with Gasteiger partial charge in [-0.05, 0) is 90.9 Å². The van der Waals surface area contributed by atoms with Crippen LogP contribution in [0, 0.1) is 23.7 Å². The predicted octanol–water partition coefficient (Wildman–Crippen LogP) is 2.36. The molecule has 40 atom stereocenters. The molecule has 17 rings (SSSR count). The van der Waals surface area contributed by atoms with Gasteiger partial charge in [-0.25, -0.2) is 0 Å². The zero-order valence-corrected chi connectivity index (χ0v) is 79.7. The fraction of sp³-hybridized carbons (Fsp3) is 0.835. The van der Waals surface area contributed by atoms with Crippen LogP contribution in [0.3, 0.4) is 0 Å². The Morgan fingerprint density at radius 2 is 1.04 bits per heavy atom. The van der Waals surface area contributed by atoms with Gasteiger partial charge >= 0.3 is 51.4 Å². The van der Waals surface area contributed by atoms with Crippen molar-refractivity contribution in [3.05, 3.63) is 60.8 Å². The largest absolute Gasteiger partial charge is 1.00 e. The Morgan fingerprint density at radius 3 is 1.66 bits per heavy atom. The number of fused-ring (bicyclic) bond motifs is 12. The summed E-state index contributed by atoms with van der Waals surface area (Å²) in [5.74, 6) is -0.432. The second kappa shape index (κ2) is 53.6. The molecule has 129 heavy (non-hydrogen) atoms. The smallest absolute Gasteiger partial charge is 1.00 e. The van der Waals surface area contributed by atoms with Gasteiger partial charge in [0.05, 0.1) is 181 Å². The maximum atomic E-state index is 12.2. The molecule has 0 aliphatic carbocycles. The van der Waals surface area contributed by atoms with E-state index in [9.17, 15) is 49.5 Å². The van der Waals surface area contributed by atoms with E-state index in [-0.39, 0.29) is 322 Å². The van der Waals surface area contributed by atoms with Crippen molar-refractivity contribution >= 4 is 78.3 Å². The Morgan fingerprint density at radius 1 is 0.512 bits per heavy atom. The molecule has 0 aromatic carbocycles. The van der Waals surface area contributed by atoms with E-state index in [0.717, 1.165) is 38.5 Å². The van der Waals surface area contributed by atoms with Crippen LogP contribution in [0.15, 0.2) is 60.8 Å². The molecule has 0 aromatic rings. The SMILES string of the molecule is C.C.C.CC(=O)C[C@@H]1CC[C@H]2O[C@H]3CC=C[C@H](/C=C/C(O)CO)O[C@@H]3[C@@H](O)[C@@H]2O1.CC(=O)C[C@@H]1OC[C@H]2O[C@H]3C[C@H]4O[C@H]5CC=CCO[C@@H]5[C@@H](O)[C@@H]4O[C@@H]3C=C[C@@H]2O1.CC(=O)C[C@H]1OC[C@@H]2O[C@@H]3C[C@@H]4O[C@@H]5[C@@H](C)[C@H](C)C6(CCCO6)O[C@H]5[C@@H](O)[C@H](C)[C@H]4O[C@H]3C[C@@H](C)C[C@H]2O1.COCO[C@H]1C[C@H]2O[C@H]3CC=CCO[C@@H]3[C@@H](O)[C@@H]2O[C@@H]1CC(=O)NCC(C)=O.I.[2HH].[B].[B].[B].[H-].[K+]. The minimum Gasteiger partial charge on any atom is -1.00 e. The van der Waals surface area contributed by atoms with E-state index < -0.39 is 110 Å². The molecule has 17 aliphatic heterocycles. The molecule has 1 spiro atoms. The number of carbonyl (C=O) groups is 5. The van der Waals surface area contributed by atoms with Crippen LogP contribution in [0.25, 0.3) is 0 Å². The molecule has 2 unspecified atom stereocenters. The van der Waals surface area contributed by atoms with Gasteiger partial charge in [-0.15, -0.1) is 24.0 Å². The van der Waals surface area contributed by atoms with Crippen LogP contribution in [-0.2, 0) is 123 Å². The van der Waals surface area contributed by atoms with Crippen LogP contribution < -0.4 is 56.7 Å². The second-order valence-corrected chi connectivity index (χ2v) is 36.0. The number of Topliss-reactive ketones (excluding diaryl/α,β-unsaturated/α-hetero) is 4. The molecule has 9 radical (unpaired) electrons. The number of ketones is 4. The van der Waals surface area contributed by atoms with Crippen molar-refractivity contribution in [1.29, 1.82) is 0 Å². The summed E-state index contributed by atoms with van der Waals surface area (Å²) in [5.41, 5.74) is 0. The van der Waals surface area contributed by atoms with E-state index in [1.165, 1.54) is 34.0 Å². The first kappa shape index (κ1) is 116. The molecule has 17 aliphatic rings. The molecule has 38 heteroatoms. The summed E-state index contributed by atoms with van der Waals surface area (Å²) in [6.45, 7) is 16.7. The first-order valence-corrected chi connectivity index (χ1v) is 44.2. The first-order chi connectivity index (χ1) is 58.2. The van der Waals surface area contributed by atoms with Crippen molar-refractivity contribution in [2.75, 3.05) is 60.1 Å². The fourth-order valence-electron chi connectivity index (χ4n) is 20.5. The minimum atomic E-state index is -0.947. The molecule has 1 amide bonds. The zero-order chi connectivity index (χ0) is 85.5. The monoisotopic (exact) mass is 1970 g/mol. The van der Waals surface area contributed by atoms with Gasteiger partial charge < -0.3 is 137 Å². The maximum absolute atomic E-state index is 12.2. The molecule has 13 saturated heterocycles. The van der Waals surface area contributed by atoms with Crippen molar-refractivity contribution in [3.63, 3.8) is 0 Å². The standard InChI is InChI=1S/C29H46O9.C21H28O8.C19H29NO8.C19H28O7.3CH4.3B.HI.K.H2.H/c1-14-9-19-21(34-23-13-32-24(11-15(2)30)35-20(23)10-14)12-22-26(36-19)17(4)25(31)28-27(37-22)16(3)18(5)29(38-28)7-6-8-33-29;1-11(22)8-18-25-10-17-13(28-18)6-5-12-15(27-17)9-16-21(29-12)19(23)20-14(26-16)4-2-3-7-24-20;1-11(21)9-20-16(22)8-14-13(26-10-24-2)7-15-19(28-14)17(23)18-12(27-15)5-3-4-6-25-18;1-11(21)9-14-7-8-16-19(25-14)17(23)18-15(26-16)4-2-3-13(24-18)6-5-12(22)10-20;;;;;;;;;;/h14,16-28,31H,6-13H2,1-5H3;2-3,5-6,12-21,23H,4,7-10H2,1H3;3-4,12-15,17-19,23H,5-10H2,1-2H3,(H,20,22);2-3,5-6,12-20,22-23H,4,7-10H2,1H3;3*1H4;;;;1H;;1H;/q;;;;;;;;;;;+1;;-1/b;;;6-5+;;;;;;;;;;/t14-,16+,17+,18+,19+,20-,21-,22+,23+,24+,25+,26-,27-,28+,29?;12-,13+,14+,15+,16-,17-,18-,19-,20+,21-;12-,13-,14+,15+,17+,18-,19+;12?,13-,14+,15+,16-,17-,18+,19-;;;;;;;;;;/m1101........../s1/i;;;;;;;;;;;;1+1;. The van der Waals surface area contributed by atoms with E-state index in [0.29, 0.717) is 83.9 Å². The van der Waals surface area contributed by atoms with Crippen LogP contribution in [-0.4, -0.2) is 365 Å². The van der Waals surface area contributed by atoms with Crippen LogP contribution in [0.4, 0.5) is 0 Å². The summed E-state index contributed by atoms with van der Waals surface area (Å²) in [7, 11) is 1.52. The summed E-state index contributed by atoms with van der Waals surface area (Å²) in [6, 6.07) is 0. The Bertz CT molecular complexity index is 3610. The van der Waals surface area contributed by atoms with Gasteiger partial charge in [0.15, 0.2) is 18.4 Å². The number of hydrogen-bond acceptors (Lipinski definition) is 32. The number of aliphatic hydroxyl groups excluding tert-OH is 6. The van der Waals surface area contributed by atoms with Gasteiger partial charge in [0, 0.05) is 77.7 Å². The van der Waals surface area contributed by atoms with Crippen LogP contribution in [0.2, 0.25) is 0 Å². The topological polar surface area (TPSA) is 413 Å². The normalized spacial score (nSPS) is 43.7. The van der Waals surface area contributed by atoms with E-state index in [4.69, 9.17) is 105 Å². The third-order valence-corrected chi connectivity index (χ3v) is 26.8. The molecular weight excluding hydrogens is 1820 g/mol. The van der Waals surface area contributed by atoms with Crippen LogP contribution in [0.5, 0.6) is 0 Å². The van der Waals surface area contributed by atoms with E-state index in [1.54, 1.807) is 13.0 Å². The number of ether oxygens (including phenoxy) is 21. The van der Waals surface area contributed by atoms with Gasteiger partial charge in [-0.2, -0.15) is 0 Å². The predicted molar refractivity (Wildman–Crippen MR) is 479 cm³/mol. The second-order valence-electron chi connectivity index (χ2n) is 36.0. The Kier molecular flexibility index (Phi) is 48.3. The summed E-state index contributed by atoms with van der Waals surface area (Å²) < 4.78 is 128. The average molecular weight is 1970 g/mol. The van der Waals surface area contributed by atoms with E-state index in [1.807, 2.05) is 48.6 Å². The number of methoxy groups -OCH3 is 1. The minimum absolute atomic E-state index is 0. The maximum Gasteiger partial charge on any atom is 1.00 e. The third-order valence-electron chi connectivity index (χ3n) is 26.8. The van der Waals surface area contributed by atoms with Crippen molar-refractivity contribution in [2.45, 2.75) is 400 Å². The quantitative estimate of drug-likeness (QED) is 0.0505. The Hall–Kier alpha value is -1.67. The molecule has 13 fully saturated rings. The first-order valence-electron chi connectivity index (χ1n) is 44.2. The third kappa shape index (κ3) is 28.8. The van der Waals surface area contributed by atoms with Gasteiger partial charge in [-0.3, -0.25) is 24.0 Å². The molecular formula is C91H147B3IKNO32. The van der Waals surface area contributed by atoms with Crippen molar-refractivity contribution in [3.8, 4) is 0 Å². The number of rotatable bonds is 16. The molecule has 0 aromatic heterocycles. The number of hydrogen-bond donors (Lipinski definition) is 7. The number of carbonyl (C=O) groups excluding carboxylic acids is 5. The number of amides is 1. The van der Waals surface area contributed by atoms with Crippen molar-refractivity contribution in [1.82, 2.24) is 5.32 Å². The summed E-state index contributed by atoms with van der Waals surface area (Å²) in [4.78, 5) is 57.6. The molecule has 7 N–H and O–H groups in total. The number of aliphatic hydroxyl groups is 6. The molecule has 725 valence electrons. The van der Waals surface area contributed by atoms with Gasteiger partial charge in [0.25, 0.3) is 0 Å². The van der Waals surface area contributed by atoms with Crippen molar-refractivity contribution in [2.24, 2.45) is 23.7 Å².